The van der Waals surface area contributed by atoms with Crippen molar-refractivity contribution in [1.29, 1.82) is 0 Å². The van der Waals surface area contributed by atoms with Crippen LogP contribution in [0.4, 0.5) is 13.2 Å². The second-order valence-electron chi connectivity index (χ2n) is 2.46. The number of hydrogen-bond acceptors (Lipinski definition) is 3. The number of nitrogens with two attached hydrogens (primary N) is 1. The van der Waals surface area contributed by atoms with Crippen molar-refractivity contribution in [3.63, 3.8) is 0 Å². The van der Waals surface area contributed by atoms with Gasteiger partial charge in [0.1, 0.15) is 4.60 Å². The van der Waals surface area contributed by atoms with Gasteiger partial charge in [-0.15, -0.1) is 13.2 Å². The lowest BCUT2D eigenvalue weighted by Crippen LogP contribution is -2.19. The van der Waals surface area contributed by atoms with Gasteiger partial charge in [-0.3, -0.25) is 0 Å². The summed E-state index contributed by atoms with van der Waals surface area (Å²) in [6.45, 7) is -0.175. The third-order valence-electron chi connectivity index (χ3n) is 1.46. The van der Waals surface area contributed by atoms with Crippen LogP contribution in [0.2, 0.25) is 5.02 Å². The summed E-state index contributed by atoms with van der Waals surface area (Å²) < 4.78 is 39.7. The van der Waals surface area contributed by atoms with E-state index in [9.17, 15) is 13.2 Å². The molecule has 0 aliphatic heterocycles. The maximum atomic E-state index is 12.0. The Hall–Kier alpha value is -0.530. The first kappa shape index (κ1) is 12.5. The first-order chi connectivity index (χ1) is 6.85. The second kappa shape index (κ2) is 4.54. The van der Waals surface area contributed by atoms with Crippen molar-refractivity contribution < 1.29 is 17.9 Å². The second-order valence-corrected chi connectivity index (χ2v) is 3.61. The minimum absolute atomic E-state index is 0.0277. The number of hydrogen-bond donors (Lipinski definition) is 1. The molecule has 84 valence electrons. The highest BCUT2D eigenvalue weighted by atomic mass is 79.9. The average molecular weight is 305 g/mol. The Balaban J connectivity index is 3.20. The summed E-state index contributed by atoms with van der Waals surface area (Å²) in [5.74, 6) is -0.502. The van der Waals surface area contributed by atoms with Gasteiger partial charge in [-0.1, -0.05) is 11.6 Å². The van der Waals surface area contributed by atoms with E-state index in [4.69, 9.17) is 17.3 Å². The molecule has 0 unspecified atom stereocenters. The van der Waals surface area contributed by atoms with Crippen LogP contribution in [0, 0.1) is 0 Å². The number of pyridine rings is 1. The monoisotopic (exact) mass is 304 g/mol. The molecule has 2 N–H and O–H groups in total. The Labute approximate surface area is 96.5 Å². The van der Waals surface area contributed by atoms with Gasteiger partial charge in [-0.2, -0.15) is 0 Å². The van der Waals surface area contributed by atoms with Crippen LogP contribution in [-0.4, -0.2) is 11.3 Å². The van der Waals surface area contributed by atoms with Crippen LogP contribution in [0.1, 0.15) is 5.56 Å². The van der Waals surface area contributed by atoms with Crippen molar-refractivity contribution >= 4 is 27.5 Å². The van der Waals surface area contributed by atoms with Gasteiger partial charge in [-0.05, 0) is 15.9 Å². The Kier molecular flexibility index (Phi) is 3.80. The van der Waals surface area contributed by atoms with Crippen molar-refractivity contribution in [2.45, 2.75) is 12.9 Å². The van der Waals surface area contributed by atoms with E-state index in [2.05, 4.69) is 25.7 Å². The number of ether oxygens (including phenoxy) is 1. The molecular formula is C7H5BrClF3N2O. The van der Waals surface area contributed by atoms with Gasteiger partial charge in [-0.25, -0.2) is 4.98 Å². The predicted molar refractivity (Wildman–Crippen MR) is 51.5 cm³/mol. The van der Waals surface area contributed by atoms with E-state index in [0.29, 0.717) is 0 Å². The van der Waals surface area contributed by atoms with Crippen molar-refractivity contribution in [3.8, 4) is 5.75 Å². The van der Waals surface area contributed by atoms with Crippen LogP contribution in [0.5, 0.6) is 5.75 Å². The van der Waals surface area contributed by atoms with E-state index in [0.717, 1.165) is 0 Å². The molecule has 3 nitrogen and oxygen atoms in total. The van der Waals surface area contributed by atoms with Crippen LogP contribution >= 0.6 is 27.5 Å². The van der Waals surface area contributed by atoms with Crippen molar-refractivity contribution in [3.05, 3.63) is 21.4 Å². The smallest absolute Gasteiger partial charge is 0.402 e. The summed E-state index contributed by atoms with van der Waals surface area (Å²) in [4.78, 5) is 3.58. The molecule has 0 saturated heterocycles. The van der Waals surface area contributed by atoms with Crippen LogP contribution in [0.3, 0.4) is 0 Å². The van der Waals surface area contributed by atoms with Crippen molar-refractivity contribution in [1.82, 2.24) is 4.98 Å². The lowest BCUT2D eigenvalue weighted by atomic mass is 10.2. The lowest BCUT2D eigenvalue weighted by molar-refractivity contribution is -0.275. The van der Waals surface area contributed by atoms with E-state index in [-0.39, 0.29) is 21.7 Å². The fourth-order valence-electron chi connectivity index (χ4n) is 0.892. The largest absolute Gasteiger partial charge is 0.573 e. The normalized spacial score (nSPS) is 11.6. The number of aromatic nitrogens is 1. The minimum atomic E-state index is -4.81. The zero-order valence-corrected chi connectivity index (χ0v) is 9.45. The van der Waals surface area contributed by atoms with E-state index in [1.807, 2.05) is 0 Å². The fourth-order valence-corrected chi connectivity index (χ4v) is 1.53. The SMILES string of the molecule is NCc1c(Cl)cnc(Br)c1OC(F)(F)F. The summed E-state index contributed by atoms with van der Waals surface area (Å²) in [5, 5.41) is 0.0277. The maximum absolute atomic E-state index is 12.0. The molecule has 15 heavy (non-hydrogen) atoms. The molecule has 0 bridgehead atoms. The number of rotatable bonds is 2. The third kappa shape index (κ3) is 3.22. The van der Waals surface area contributed by atoms with E-state index >= 15 is 0 Å². The molecular weight excluding hydrogens is 300 g/mol. The Morgan fingerprint density at radius 3 is 2.60 bits per heavy atom. The van der Waals surface area contributed by atoms with Crippen molar-refractivity contribution in [2.75, 3.05) is 0 Å². The molecule has 0 aromatic carbocycles. The van der Waals surface area contributed by atoms with Gasteiger partial charge < -0.3 is 10.5 Å². The molecule has 0 aliphatic rings. The number of nitrogens with zero attached hydrogens (tertiary/aromatic N) is 1. The molecule has 0 radical (unpaired) electrons. The molecule has 0 amide bonds. The van der Waals surface area contributed by atoms with Gasteiger partial charge in [0, 0.05) is 18.3 Å². The number of alkyl halides is 3. The highest BCUT2D eigenvalue weighted by Crippen LogP contribution is 2.35. The van der Waals surface area contributed by atoms with Gasteiger partial charge in [0.15, 0.2) is 5.75 Å². The van der Waals surface area contributed by atoms with Gasteiger partial charge >= 0.3 is 6.36 Å². The lowest BCUT2D eigenvalue weighted by Gasteiger charge is -2.14. The average Bonchev–Trinajstić information content (AvgIpc) is 2.10. The molecule has 1 aromatic heterocycles. The van der Waals surface area contributed by atoms with Gasteiger partial charge in [0.25, 0.3) is 0 Å². The summed E-state index contributed by atoms with van der Waals surface area (Å²) >= 11 is 8.44. The molecule has 0 saturated carbocycles. The van der Waals surface area contributed by atoms with Gasteiger partial charge in [0.05, 0.1) is 5.02 Å². The van der Waals surface area contributed by atoms with Crippen LogP contribution in [0.25, 0.3) is 0 Å². The van der Waals surface area contributed by atoms with E-state index in [1.165, 1.54) is 6.20 Å². The highest BCUT2D eigenvalue weighted by Gasteiger charge is 2.33. The third-order valence-corrected chi connectivity index (χ3v) is 2.35. The van der Waals surface area contributed by atoms with Crippen LogP contribution in [-0.2, 0) is 6.54 Å². The van der Waals surface area contributed by atoms with Crippen molar-refractivity contribution in [2.24, 2.45) is 5.73 Å². The summed E-state index contributed by atoms with van der Waals surface area (Å²) in [5.41, 5.74) is 5.31. The molecule has 1 rings (SSSR count). The van der Waals surface area contributed by atoms with E-state index < -0.39 is 12.1 Å². The van der Waals surface area contributed by atoms with Gasteiger partial charge in [0.2, 0.25) is 0 Å². The quantitative estimate of drug-likeness (QED) is 0.855. The molecule has 8 heteroatoms. The fraction of sp³-hybridized carbons (Fsp3) is 0.286. The number of halogens is 5. The standard InChI is InChI=1S/C7H5BrClF3N2O/c8-6-5(15-7(10,11)12)3(1-13)4(9)2-14-6/h2H,1,13H2. The topological polar surface area (TPSA) is 48.1 Å². The highest BCUT2D eigenvalue weighted by molar-refractivity contribution is 9.10. The summed E-state index contributed by atoms with van der Waals surface area (Å²) in [6.07, 6.45) is -3.62. The first-order valence-electron chi connectivity index (χ1n) is 3.64. The predicted octanol–water partition coefficient (Wildman–Crippen LogP) is 2.85. The molecule has 0 fully saturated rings. The molecule has 1 aromatic rings. The molecule has 1 heterocycles. The summed E-state index contributed by atoms with van der Waals surface area (Å²) in [6, 6.07) is 0. The van der Waals surface area contributed by atoms with Crippen LogP contribution in [0.15, 0.2) is 10.8 Å². The zero-order valence-electron chi connectivity index (χ0n) is 7.11. The van der Waals surface area contributed by atoms with Crippen LogP contribution < -0.4 is 10.5 Å². The molecule has 0 aliphatic carbocycles. The molecule has 0 atom stereocenters. The Morgan fingerprint density at radius 1 is 1.53 bits per heavy atom. The zero-order chi connectivity index (χ0) is 11.6. The maximum Gasteiger partial charge on any atom is 0.573 e. The van der Waals surface area contributed by atoms with E-state index in [1.54, 1.807) is 0 Å². The Morgan fingerprint density at radius 2 is 2.13 bits per heavy atom. The molecule has 0 spiro atoms. The minimum Gasteiger partial charge on any atom is -0.402 e. The Bertz CT molecular complexity index is 372. The first-order valence-corrected chi connectivity index (χ1v) is 4.81. The summed E-state index contributed by atoms with van der Waals surface area (Å²) in [7, 11) is 0.